The molecule has 0 aliphatic heterocycles. The number of carbonyl (C=O) groups excluding carboxylic acids is 1. The fourth-order valence-corrected chi connectivity index (χ4v) is 3.80. The van der Waals surface area contributed by atoms with Gasteiger partial charge in [-0.2, -0.15) is 4.68 Å². The molecule has 0 saturated heterocycles. The van der Waals surface area contributed by atoms with Crippen LogP contribution in [0.1, 0.15) is 5.56 Å². The Labute approximate surface area is 155 Å². The van der Waals surface area contributed by atoms with E-state index in [0.717, 1.165) is 14.9 Å². The third-order valence-corrected chi connectivity index (χ3v) is 5.68. The minimum Gasteiger partial charge on any atom is -0.332 e. The van der Waals surface area contributed by atoms with E-state index in [-0.39, 0.29) is 6.03 Å². The fraction of sp³-hybridized carbons (Fsp3) is 0.0625. The van der Waals surface area contributed by atoms with Crippen LogP contribution in [0.15, 0.2) is 75.4 Å². The lowest BCUT2D eigenvalue weighted by atomic mass is 10.2. The lowest BCUT2D eigenvalue weighted by Gasteiger charge is -2.04. The number of hydrogen-bond donors (Lipinski definition) is 1. The van der Waals surface area contributed by atoms with Crippen molar-refractivity contribution >= 4 is 43.5 Å². The van der Waals surface area contributed by atoms with Gasteiger partial charge in [0.05, 0.1) is 0 Å². The van der Waals surface area contributed by atoms with Crippen molar-refractivity contribution in [3.63, 3.8) is 0 Å². The highest BCUT2D eigenvalue weighted by molar-refractivity contribution is 9.10. The topological polar surface area (TPSA) is 59.8 Å². The van der Waals surface area contributed by atoms with E-state index in [9.17, 15) is 4.79 Å². The number of halogens is 1. The zero-order chi connectivity index (χ0) is 16.8. The second-order valence-electron chi connectivity index (χ2n) is 4.74. The number of aromatic nitrogens is 3. The highest BCUT2D eigenvalue weighted by atomic mass is 79.9. The average Bonchev–Trinajstić information content (AvgIpc) is 3.09. The molecule has 0 fully saturated rings. The van der Waals surface area contributed by atoms with Crippen LogP contribution < -0.4 is 5.32 Å². The monoisotopic (exact) mass is 420 g/mol. The zero-order valence-corrected chi connectivity index (χ0v) is 15.6. The van der Waals surface area contributed by atoms with Crippen LogP contribution in [0, 0.1) is 0 Å². The van der Waals surface area contributed by atoms with E-state index < -0.39 is 0 Å². The summed E-state index contributed by atoms with van der Waals surface area (Å²) < 4.78 is 2.22. The first kappa shape index (κ1) is 17.1. The van der Waals surface area contributed by atoms with Gasteiger partial charge in [-0.25, -0.2) is 9.78 Å². The Morgan fingerprint density at radius 1 is 1.08 bits per heavy atom. The van der Waals surface area contributed by atoms with Crippen LogP contribution in [0.5, 0.6) is 0 Å². The molecule has 24 heavy (non-hydrogen) atoms. The molecule has 0 radical (unpaired) electrons. The molecule has 0 bridgehead atoms. The summed E-state index contributed by atoms with van der Waals surface area (Å²) >= 11 is 3.38. The Balaban J connectivity index is 1.52. The summed E-state index contributed by atoms with van der Waals surface area (Å²) in [5, 5.41) is 7.54. The molecule has 8 heteroatoms. The number of amides is 1. The predicted octanol–water partition coefficient (Wildman–Crippen LogP) is 4.60. The van der Waals surface area contributed by atoms with E-state index in [4.69, 9.17) is 0 Å². The van der Waals surface area contributed by atoms with Gasteiger partial charge in [0.15, 0.2) is 0 Å². The molecule has 3 rings (SSSR count). The first-order valence-electron chi connectivity index (χ1n) is 7.04. The highest BCUT2D eigenvalue weighted by Gasteiger charge is 2.09. The molecule has 1 aromatic heterocycles. The molecule has 0 aliphatic carbocycles. The molecule has 1 amide bonds. The number of nitrogens with zero attached hydrogens (tertiary/aromatic N) is 3. The van der Waals surface area contributed by atoms with Crippen molar-refractivity contribution in [3.8, 4) is 0 Å². The number of hydrogen-bond acceptors (Lipinski definition) is 5. The first-order chi connectivity index (χ1) is 11.7. The highest BCUT2D eigenvalue weighted by Crippen LogP contribution is 2.34. The Morgan fingerprint density at radius 3 is 2.58 bits per heavy atom. The van der Waals surface area contributed by atoms with Crippen LogP contribution in [0.2, 0.25) is 0 Å². The van der Waals surface area contributed by atoms with Gasteiger partial charge < -0.3 is 5.32 Å². The van der Waals surface area contributed by atoms with Crippen LogP contribution >= 0.6 is 37.5 Å². The Bertz CT molecular complexity index is 808. The van der Waals surface area contributed by atoms with Crippen LogP contribution in [0.25, 0.3) is 0 Å². The summed E-state index contributed by atoms with van der Waals surface area (Å²) in [5.41, 5.74) is 1.01. The summed E-state index contributed by atoms with van der Waals surface area (Å²) in [6, 6.07) is 17.4. The second-order valence-corrected chi connectivity index (χ2v) is 7.82. The first-order valence-corrected chi connectivity index (χ1v) is 9.99. The minimum absolute atomic E-state index is 0.304. The van der Waals surface area contributed by atoms with Crippen molar-refractivity contribution in [2.45, 2.75) is 16.6 Å². The van der Waals surface area contributed by atoms with E-state index in [1.165, 1.54) is 21.8 Å². The molecule has 0 spiro atoms. The maximum Gasteiger partial charge on any atom is 0.343 e. The quantitative estimate of drug-likeness (QED) is 0.611. The van der Waals surface area contributed by atoms with Gasteiger partial charge in [-0.05, 0) is 51.4 Å². The van der Waals surface area contributed by atoms with Gasteiger partial charge in [0, 0.05) is 15.9 Å². The van der Waals surface area contributed by atoms with Crippen LogP contribution in [-0.4, -0.2) is 20.8 Å². The van der Waals surface area contributed by atoms with Crippen LogP contribution in [0.4, 0.5) is 4.79 Å². The largest absolute Gasteiger partial charge is 0.343 e. The van der Waals surface area contributed by atoms with Crippen molar-refractivity contribution in [1.82, 2.24) is 20.1 Å². The lowest BCUT2D eigenvalue weighted by molar-refractivity contribution is 0.239. The average molecular weight is 421 g/mol. The van der Waals surface area contributed by atoms with Gasteiger partial charge in [0.25, 0.3) is 0 Å². The molecule has 0 atom stereocenters. The summed E-state index contributed by atoms with van der Waals surface area (Å²) in [4.78, 5) is 17.4. The molecule has 122 valence electrons. The molecule has 2 aromatic carbocycles. The summed E-state index contributed by atoms with van der Waals surface area (Å²) in [5.74, 6) is 0. The summed E-state index contributed by atoms with van der Waals surface area (Å²) in [7, 11) is 2.97. The SMILES string of the molecule is O=C(NCc1ccc(Br)cc1)n1cnc(SSc2ccccc2)n1. The lowest BCUT2D eigenvalue weighted by Crippen LogP contribution is -2.28. The van der Waals surface area contributed by atoms with Crippen molar-refractivity contribution < 1.29 is 4.79 Å². The number of rotatable bonds is 5. The van der Waals surface area contributed by atoms with Gasteiger partial charge >= 0.3 is 6.03 Å². The summed E-state index contributed by atoms with van der Waals surface area (Å²) in [6.45, 7) is 0.438. The third kappa shape index (κ3) is 4.86. The standard InChI is InChI=1S/C16H13BrN4OS2/c17-13-8-6-12(7-9-13)10-18-16(22)21-11-19-15(20-21)24-23-14-4-2-1-3-5-14/h1-9,11H,10H2,(H,18,22). The maximum absolute atomic E-state index is 12.1. The normalized spacial score (nSPS) is 10.5. The van der Waals surface area contributed by atoms with Crippen LogP contribution in [0.3, 0.4) is 0 Å². The molecule has 1 heterocycles. The van der Waals surface area contributed by atoms with Crippen molar-refractivity contribution in [3.05, 3.63) is 71.0 Å². The number of carbonyl (C=O) groups is 1. The van der Waals surface area contributed by atoms with Crippen molar-refractivity contribution in [2.75, 3.05) is 0 Å². The van der Waals surface area contributed by atoms with Gasteiger partial charge in [0.1, 0.15) is 6.33 Å². The zero-order valence-electron chi connectivity index (χ0n) is 12.4. The number of benzene rings is 2. The van der Waals surface area contributed by atoms with E-state index >= 15 is 0 Å². The second kappa shape index (κ2) is 8.36. The smallest absolute Gasteiger partial charge is 0.332 e. The van der Waals surface area contributed by atoms with Crippen molar-refractivity contribution in [1.29, 1.82) is 0 Å². The van der Waals surface area contributed by atoms with Gasteiger partial charge in [-0.3, -0.25) is 0 Å². The van der Waals surface area contributed by atoms with E-state index in [2.05, 4.69) is 31.3 Å². The van der Waals surface area contributed by atoms with E-state index in [1.54, 1.807) is 10.8 Å². The molecule has 1 N–H and O–H groups in total. The van der Waals surface area contributed by atoms with Crippen molar-refractivity contribution in [2.24, 2.45) is 0 Å². The van der Waals surface area contributed by atoms with Gasteiger partial charge in [0.2, 0.25) is 5.16 Å². The Kier molecular flexibility index (Phi) is 5.95. The van der Waals surface area contributed by atoms with E-state index in [0.29, 0.717) is 11.7 Å². The van der Waals surface area contributed by atoms with Gasteiger partial charge in [-0.1, -0.05) is 46.3 Å². The molecule has 5 nitrogen and oxygen atoms in total. The third-order valence-electron chi connectivity index (χ3n) is 2.99. The molecular weight excluding hydrogens is 408 g/mol. The molecule has 0 unspecified atom stereocenters. The van der Waals surface area contributed by atoms with Crippen LogP contribution in [-0.2, 0) is 6.54 Å². The molecule has 0 aliphatic rings. The van der Waals surface area contributed by atoms with E-state index in [1.807, 2.05) is 54.6 Å². The Hall–Kier alpha value is -1.77. The number of nitrogens with one attached hydrogen (secondary N) is 1. The summed E-state index contributed by atoms with van der Waals surface area (Å²) in [6.07, 6.45) is 1.42. The van der Waals surface area contributed by atoms with Gasteiger partial charge in [-0.15, -0.1) is 5.10 Å². The minimum atomic E-state index is -0.304. The predicted molar refractivity (Wildman–Crippen MR) is 100.0 cm³/mol. The Morgan fingerprint density at radius 2 is 1.83 bits per heavy atom. The molecule has 3 aromatic rings. The molecule has 0 saturated carbocycles. The maximum atomic E-state index is 12.1. The molecular formula is C16H13BrN4OS2. The fourth-order valence-electron chi connectivity index (χ4n) is 1.81.